The lowest BCUT2D eigenvalue weighted by atomic mass is 9.83. The van der Waals surface area contributed by atoms with E-state index in [2.05, 4.69) is 43.5 Å². The Labute approximate surface area is 197 Å². The number of sulfonamides is 1. The minimum Gasteiger partial charge on any atom is -0.354 e. The number of hydrogen-bond acceptors (Lipinski definition) is 4. The summed E-state index contributed by atoms with van der Waals surface area (Å²) in [5, 5.41) is 5.57. The van der Waals surface area contributed by atoms with Gasteiger partial charge in [0.2, 0.25) is 15.9 Å². The largest absolute Gasteiger partial charge is 0.354 e. The second kappa shape index (κ2) is 10.5. The molecule has 0 saturated heterocycles. The summed E-state index contributed by atoms with van der Waals surface area (Å²) in [7, 11) is -0.633. The Morgan fingerprint density at radius 1 is 0.909 bits per heavy atom. The fourth-order valence-electron chi connectivity index (χ4n) is 3.40. The highest BCUT2D eigenvalue weighted by atomic mass is 32.2. The number of aryl methyl sites for hydroxylation is 2. The summed E-state index contributed by atoms with van der Waals surface area (Å²) in [6.07, 6.45) is 0.290. The first-order chi connectivity index (χ1) is 15.2. The molecule has 0 unspecified atom stereocenters. The van der Waals surface area contributed by atoms with Crippen LogP contribution in [0.5, 0.6) is 0 Å². The topological polar surface area (TPSA) is 95.6 Å². The van der Waals surface area contributed by atoms with Crippen molar-refractivity contribution in [3.63, 3.8) is 0 Å². The van der Waals surface area contributed by atoms with Gasteiger partial charge in [-0.3, -0.25) is 9.59 Å². The first kappa shape index (κ1) is 26.5. The molecule has 7 nitrogen and oxygen atoms in total. The Kier molecular flexibility index (Phi) is 8.43. The predicted molar refractivity (Wildman–Crippen MR) is 131 cm³/mol. The molecule has 0 fully saturated rings. The molecular weight excluding hydrogens is 438 g/mol. The zero-order valence-corrected chi connectivity index (χ0v) is 21.4. The summed E-state index contributed by atoms with van der Waals surface area (Å²) < 4.78 is 25.3. The molecule has 0 spiro atoms. The molecule has 0 aliphatic rings. The third kappa shape index (κ3) is 6.88. The van der Waals surface area contributed by atoms with Gasteiger partial charge in [0, 0.05) is 32.7 Å². The van der Waals surface area contributed by atoms with Crippen molar-refractivity contribution >= 4 is 21.8 Å². The molecule has 2 rings (SSSR count). The maximum absolute atomic E-state index is 12.4. The van der Waals surface area contributed by atoms with E-state index >= 15 is 0 Å². The SMILES string of the molecule is Cc1cc(C(C)(C)C)cc(C)c1CC(=O)NCCNC(=O)c1ccc(S(=O)(=O)N(C)C)cc1. The molecule has 0 radical (unpaired) electrons. The number of amides is 2. The van der Waals surface area contributed by atoms with Crippen LogP contribution in [0, 0.1) is 13.8 Å². The van der Waals surface area contributed by atoms with Crippen LogP contribution in [0.3, 0.4) is 0 Å². The highest BCUT2D eigenvalue weighted by Gasteiger charge is 2.18. The molecule has 2 amide bonds. The lowest BCUT2D eigenvalue weighted by Gasteiger charge is -2.22. The number of rotatable bonds is 8. The molecule has 0 bridgehead atoms. The molecule has 0 atom stereocenters. The molecule has 2 aromatic carbocycles. The Hall–Kier alpha value is -2.71. The van der Waals surface area contributed by atoms with E-state index in [9.17, 15) is 18.0 Å². The Balaban J connectivity index is 1.87. The van der Waals surface area contributed by atoms with Crippen LogP contribution >= 0.6 is 0 Å². The Morgan fingerprint density at radius 3 is 1.91 bits per heavy atom. The third-order valence-corrected chi connectivity index (χ3v) is 7.36. The van der Waals surface area contributed by atoms with Crippen molar-refractivity contribution in [2.24, 2.45) is 0 Å². The average Bonchev–Trinajstić information content (AvgIpc) is 2.72. The van der Waals surface area contributed by atoms with Crippen molar-refractivity contribution in [2.45, 2.75) is 51.3 Å². The van der Waals surface area contributed by atoms with Crippen LogP contribution in [0.2, 0.25) is 0 Å². The first-order valence-electron chi connectivity index (χ1n) is 10.9. The molecule has 2 N–H and O–H groups in total. The quantitative estimate of drug-likeness (QED) is 0.576. The maximum atomic E-state index is 12.4. The molecule has 0 aliphatic heterocycles. The van der Waals surface area contributed by atoms with Gasteiger partial charge in [-0.25, -0.2) is 12.7 Å². The van der Waals surface area contributed by atoms with Crippen molar-refractivity contribution < 1.29 is 18.0 Å². The van der Waals surface area contributed by atoms with Crippen molar-refractivity contribution in [3.05, 3.63) is 64.2 Å². The van der Waals surface area contributed by atoms with E-state index in [1.54, 1.807) is 0 Å². The smallest absolute Gasteiger partial charge is 0.251 e. The highest BCUT2D eigenvalue weighted by molar-refractivity contribution is 7.89. The summed E-state index contributed by atoms with van der Waals surface area (Å²) in [5.41, 5.74) is 4.87. The summed E-state index contributed by atoms with van der Waals surface area (Å²) in [6, 6.07) is 10.0. The van der Waals surface area contributed by atoms with Gasteiger partial charge in [-0.15, -0.1) is 0 Å². The molecule has 2 aromatic rings. The normalized spacial score (nSPS) is 12.0. The second-order valence-electron chi connectivity index (χ2n) is 9.43. The zero-order valence-electron chi connectivity index (χ0n) is 20.6. The van der Waals surface area contributed by atoms with Gasteiger partial charge < -0.3 is 10.6 Å². The zero-order chi connectivity index (χ0) is 25.0. The highest BCUT2D eigenvalue weighted by Crippen LogP contribution is 2.27. The third-order valence-electron chi connectivity index (χ3n) is 5.53. The van der Waals surface area contributed by atoms with Crippen LogP contribution in [0.25, 0.3) is 0 Å². The van der Waals surface area contributed by atoms with Gasteiger partial charge in [0.25, 0.3) is 5.91 Å². The van der Waals surface area contributed by atoms with Crippen LogP contribution in [-0.4, -0.2) is 51.7 Å². The van der Waals surface area contributed by atoms with Gasteiger partial charge >= 0.3 is 0 Å². The van der Waals surface area contributed by atoms with Crippen LogP contribution in [-0.2, 0) is 26.7 Å². The number of nitrogens with one attached hydrogen (secondary N) is 2. The summed E-state index contributed by atoms with van der Waals surface area (Å²) in [4.78, 5) is 24.8. The maximum Gasteiger partial charge on any atom is 0.251 e. The van der Waals surface area contributed by atoms with Gasteiger partial charge in [-0.2, -0.15) is 0 Å². The Bertz CT molecular complexity index is 1090. The molecular formula is C25H35N3O4S. The van der Waals surface area contributed by atoms with Crippen LogP contribution in [0.15, 0.2) is 41.3 Å². The predicted octanol–water partition coefficient (Wildman–Crippen LogP) is 2.94. The summed E-state index contributed by atoms with van der Waals surface area (Å²) in [5.74, 6) is -0.431. The van der Waals surface area contributed by atoms with E-state index in [0.29, 0.717) is 12.1 Å². The van der Waals surface area contributed by atoms with Gasteiger partial charge in [0.05, 0.1) is 11.3 Å². The molecule has 33 heavy (non-hydrogen) atoms. The van der Waals surface area contributed by atoms with E-state index in [1.165, 1.54) is 43.9 Å². The first-order valence-corrected chi connectivity index (χ1v) is 12.4. The van der Waals surface area contributed by atoms with Crippen molar-refractivity contribution in [1.82, 2.24) is 14.9 Å². The van der Waals surface area contributed by atoms with E-state index < -0.39 is 10.0 Å². The van der Waals surface area contributed by atoms with Crippen LogP contribution in [0.4, 0.5) is 0 Å². The monoisotopic (exact) mass is 473 g/mol. The lowest BCUT2D eigenvalue weighted by molar-refractivity contribution is -0.120. The molecule has 8 heteroatoms. The van der Waals surface area contributed by atoms with Gasteiger partial charge in [-0.1, -0.05) is 32.9 Å². The van der Waals surface area contributed by atoms with Crippen molar-refractivity contribution in [2.75, 3.05) is 27.2 Å². The molecule has 0 aliphatic carbocycles. The number of carbonyl (C=O) groups is 2. The molecule has 0 heterocycles. The van der Waals surface area contributed by atoms with E-state index in [1.807, 2.05) is 13.8 Å². The summed E-state index contributed by atoms with van der Waals surface area (Å²) in [6.45, 7) is 11.1. The van der Waals surface area contributed by atoms with Gasteiger partial charge in [0.1, 0.15) is 0 Å². The minimum atomic E-state index is -3.54. The minimum absolute atomic E-state index is 0.0510. The molecule has 0 aromatic heterocycles. The molecule has 0 saturated carbocycles. The second-order valence-corrected chi connectivity index (χ2v) is 11.6. The average molecular weight is 474 g/mol. The van der Waals surface area contributed by atoms with Gasteiger partial charge in [0.15, 0.2) is 0 Å². The standard InChI is InChI=1S/C25H35N3O4S/c1-17-14-20(25(3,4)5)15-18(2)22(17)16-23(29)26-12-13-27-24(30)19-8-10-21(11-9-19)33(31,32)28(6)7/h8-11,14-15H,12-13,16H2,1-7H3,(H,26,29)(H,27,30). The van der Waals surface area contributed by atoms with E-state index in [4.69, 9.17) is 0 Å². The number of carbonyl (C=O) groups excluding carboxylic acids is 2. The molecule has 180 valence electrons. The van der Waals surface area contributed by atoms with E-state index in [-0.39, 0.29) is 35.1 Å². The number of benzene rings is 2. The fourth-order valence-corrected chi connectivity index (χ4v) is 4.30. The van der Waals surface area contributed by atoms with Crippen LogP contribution < -0.4 is 10.6 Å². The van der Waals surface area contributed by atoms with Crippen molar-refractivity contribution in [1.29, 1.82) is 0 Å². The van der Waals surface area contributed by atoms with E-state index in [0.717, 1.165) is 21.0 Å². The number of hydrogen-bond donors (Lipinski definition) is 2. The van der Waals surface area contributed by atoms with Crippen molar-refractivity contribution in [3.8, 4) is 0 Å². The van der Waals surface area contributed by atoms with Crippen LogP contribution in [0.1, 0.15) is 53.4 Å². The Morgan fingerprint density at radius 2 is 1.42 bits per heavy atom. The fraction of sp³-hybridized carbons (Fsp3) is 0.440. The number of nitrogens with zero attached hydrogens (tertiary/aromatic N) is 1. The summed E-state index contributed by atoms with van der Waals surface area (Å²) >= 11 is 0. The lowest BCUT2D eigenvalue weighted by Crippen LogP contribution is -2.35. The van der Waals surface area contributed by atoms with Gasteiger partial charge in [-0.05, 0) is 65.8 Å².